The van der Waals surface area contributed by atoms with Crippen LogP contribution in [0.25, 0.3) is 0 Å². The summed E-state index contributed by atoms with van der Waals surface area (Å²) in [7, 11) is 0. The number of hydrogen-bond donors (Lipinski definition) is 2. The summed E-state index contributed by atoms with van der Waals surface area (Å²) in [6.07, 6.45) is 6.15. The van der Waals surface area contributed by atoms with Crippen LogP contribution in [0.3, 0.4) is 0 Å². The molecule has 3 unspecified atom stereocenters. The number of aliphatic hydroxyl groups excluding tert-OH is 2. The zero-order valence-corrected chi connectivity index (χ0v) is 8.97. The molecule has 0 aromatic carbocycles. The summed E-state index contributed by atoms with van der Waals surface area (Å²) in [6, 6.07) is 0. The van der Waals surface area contributed by atoms with Gasteiger partial charge in [0, 0.05) is 17.2 Å². The topological polar surface area (TPSA) is 53.0 Å². The highest BCUT2D eigenvalue weighted by molar-refractivity contribution is 5.59. The predicted octanol–water partition coefficient (Wildman–Crippen LogP) is -0.0798. The predicted molar refractivity (Wildman–Crippen MR) is 61.6 cm³/mol. The number of hydrogen-bond acceptors (Lipinski definition) is 3. The molecule has 1 fully saturated rings. The quantitative estimate of drug-likeness (QED) is 0.511. The average molecular weight is 226 g/mol. The lowest BCUT2D eigenvalue weighted by atomic mass is 9.99. The first-order chi connectivity index (χ1) is 8.26. The Bertz CT molecular complexity index is 574. The van der Waals surface area contributed by atoms with E-state index in [9.17, 15) is 5.11 Å². The Morgan fingerprint density at radius 2 is 2.35 bits per heavy atom. The van der Waals surface area contributed by atoms with Gasteiger partial charge in [0.05, 0.1) is 6.61 Å². The zero-order valence-electron chi connectivity index (χ0n) is 8.97. The number of allylic oxidation sites excluding steroid dienone is 3. The summed E-state index contributed by atoms with van der Waals surface area (Å²) >= 11 is 0. The van der Waals surface area contributed by atoms with E-state index in [0.717, 1.165) is 5.57 Å². The summed E-state index contributed by atoms with van der Waals surface area (Å²) in [5.41, 5.74) is 0.840. The highest BCUT2D eigenvalue weighted by Gasteiger charge is 2.57. The third kappa shape index (κ3) is 1.53. The Morgan fingerprint density at radius 1 is 1.47 bits per heavy atom. The van der Waals surface area contributed by atoms with Crippen molar-refractivity contribution in [2.24, 2.45) is 0 Å². The lowest BCUT2D eigenvalue weighted by Crippen LogP contribution is -2.14. The van der Waals surface area contributed by atoms with Gasteiger partial charge >= 0.3 is 0 Å². The van der Waals surface area contributed by atoms with Gasteiger partial charge in [-0.1, -0.05) is 29.8 Å². The van der Waals surface area contributed by atoms with Crippen LogP contribution in [0.2, 0.25) is 0 Å². The monoisotopic (exact) mass is 226 g/mol. The van der Waals surface area contributed by atoms with Crippen molar-refractivity contribution >= 4 is 0 Å². The van der Waals surface area contributed by atoms with Crippen LogP contribution in [0.15, 0.2) is 35.5 Å². The summed E-state index contributed by atoms with van der Waals surface area (Å²) < 4.78 is 5.55. The molecule has 84 valence electrons. The summed E-state index contributed by atoms with van der Waals surface area (Å²) in [6.45, 7) is -0.357. The van der Waals surface area contributed by atoms with Gasteiger partial charge in [0.1, 0.15) is 6.10 Å². The van der Waals surface area contributed by atoms with Crippen molar-refractivity contribution in [3.05, 3.63) is 35.5 Å². The van der Waals surface area contributed by atoms with Gasteiger partial charge in [0.15, 0.2) is 11.7 Å². The van der Waals surface area contributed by atoms with E-state index in [2.05, 4.69) is 23.7 Å². The van der Waals surface area contributed by atoms with Gasteiger partial charge in [0.2, 0.25) is 0 Å². The molecule has 0 aromatic heterocycles. The third-order valence-corrected chi connectivity index (χ3v) is 2.99. The molecule has 17 heavy (non-hydrogen) atoms. The lowest BCUT2D eigenvalue weighted by molar-refractivity contribution is 0.126. The number of ether oxygens (including phenoxy) is 1. The molecule has 2 aliphatic carbocycles. The first-order valence-electron chi connectivity index (χ1n) is 5.36. The summed E-state index contributed by atoms with van der Waals surface area (Å²) in [5.74, 6) is 11.6. The van der Waals surface area contributed by atoms with Crippen molar-refractivity contribution < 1.29 is 14.9 Å². The van der Waals surface area contributed by atoms with Crippen molar-refractivity contribution in [1.82, 2.24) is 0 Å². The fourth-order valence-corrected chi connectivity index (χ4v) is 1.92. The first-order valence-corrected chi connectivity index (χ1v) is 5.36. The molecule has 3 nitrogen and oxygen atoms in total. The fourth-order valence-electron chi connectivity index (χ4n) is 1.92. The van der Waals surface area contributed by atoms with Crippen molar-refractivity contribution in [3.8, 4) is 23.7 Å². The van der Waals surface area contributed by atoms with E-state index in [1.54, 1.807) is 0 Å². The molecule has 1 saturated heterocycles. The van der Waals surface area contributed by atoms with E-state index < -0.39 is 11.7 Å². The van der Waals surface area contributed by atoms with Crippen LogP contribution in [0.5, 0.6) is 0 Å². The average Bonchev–Trinajstić information content (AvgIpc) is 2.85. The lowest BCUT2D eigenvalue weighted by Gasteiger charge is -2.04. The van der Waals surface area contributed by atoms with Crippen LogP contribution in [0, 0.1) is 23.7 Å². The molecule has 1 aliphatic heterocycles. The van der Waals surface area contributed by atoms with E-state index in [1.165, 1.54) is 6.08 Å². The van der Waals surface area contributed by atoms with Gasteiger partial charge in [-0.15, -0.1) is 0 Å². The van der Waals surface area contributed by atoms with Crippen LogP contribution in [0.4, 0.5) is 0 Å². The molecule has 2 N–H and O–H groups in total. The maximum atomic E-state index is 9.55. The van der Waals surface area contributed by atoms with E-state index in [0.29, 0.717) is 5.57 Å². The second kappa shape index (κ2) is 3.61. The van der Waals surface area contributed by atoms with Crippen LogP contribution >= 0.6 is 0 Å². The Kier molecular flexibility index (Phi) is 2.21. The normalized spacial score (nSPS) is 33.2. The first kappa shape index (κ1) is 10.4. The van der Waals surface area contributed by atoms with Gasteiger partial charge in [-0.05, 0) is 12.2 Å². The zero-order chi connectivity index (χ0) is 11.9. The summed E-state index contributed by atoms with van der Waals surface area (Å²) in [4.78, 5) is 0. The molecule has 0 radical (unpaired) electrons. The van der Waals surface area contributed by atoms with Gasteiger partial charge < -0.3 is 14.9 Å². The molecule has 1 heterocycles. The smallest absolute Gasteiger partial charge is 0.158 e. The van der Waals surface area contributed by atoms with E-state index in [-0.39, 0.29) is 12.7 Å². The second-order valence-electron chi connectivity index (χ2n) is 4.07. The molecule has 0 aromatic rings. The fraction of sp³-hybridized carbons (Fsp3) is 0.286. The van der Waals surface area contributed by atoms with Crippen molar-refractivity contribution in [1.29, 1.82) is 0 Å². The molecular formula is C14H10O3. The van der Waals surface area contributed by atoms with E-state index in [1.807, 2.05) is 18.2 Å². The van der Waals surface area contributed by atoms with Crippen LogP contribution < -0.4 is 0 Å². The number of rotatable bonds is 2. The maximum absolute atomic E-state index is 9.55. The molecule has 0 bridgehead atoms. The molecule has 3 heteroatoms. The van der Waals surface area contributed by atoms with Crippen LogP contribution in [-0.4, -0.2) is 34.6 Å². The Balaban J connectivity index is 2.00. The minimum Gasteiger partial charge on any atom is -0.393 e. The summed E-state index contributed by atoms with van der Waals surface area (Å²) in [5, 5.41) is 18.5. The minimum absolute atomic E-state index is 0.149. The molecule has 0 saturated carbocycles. The van der Waals surface area contributed by atoms with Gasteiger partial charge in [-0.25, -0.2) is 0 Å². The Morgan fingerprint density at radius 3 is 3.18 bits per heavy atom. The largest absolute Gasteiger partial charge is 0.393 e. The van der Waals surface area contributed by atoms with Crippen LogP contribution in [-0.2, 0) is 4.74 Å². The molecule has 3 atom stereocenters. The van der Waals surface area contributed by atoms with E-state index in [4.69, 9.17) is 9.84 Å². The standard InChI is InChI=1S/C14H10O3/c15-9-12(16)10-3-1-5-13-14(17-13)8-2-4-11(14)7-6-10/h2-4,8,12-13,15-16H,9H2. The molecule has 3 rings (SSSR count). The van der Waals surface area contributed by atoms with Gasteiger partial charge in [-0.3, -0.25) is 0 Å². The van der Waals surface area contributed by atoms with E-state index >= 15 is 0 Å². The number of aliphatic hydroxyl groups is 2. The molecule has 3 aliphatic rings. The highest BCUT2D eigenvalue weighted by Crippen LogP contribution is 2.46. The maximum Gasteiger partial charge on any atom is 0.158 e. The minimum atomic E-state index is -0.974. The molecule has 0 amide bonds. The molecule has 1 spiro atoms. The van der Waals surface area contributed by atoms with Crippen molar-refractivity contribution in [2.45, 2.75) is 17.8 Å². The Labute approximate surface area is 99.1 Å². The highest BCUT2D eigenvalue weighted by atomic mass is 16.6. The van der Waals surface area contributed by atoms with Crippen LogP contribution in [0.1, 0.15) is 0 Å². The van der Waals surface area contributed by atoms with Crippen molar-refractivity contribution in [3.63, 3.8) is 0 Å². The van der Waals surface area contributed by atoms with Gasteiger partial charge in [-0.2, -0.15) is 0 Å². The molecular weight excluding hydrogens is 216 g/mol. The van der Waals surface area contributed by atoms with Crippen molar-refractivity contribution in [2.75, 3.05) is 6.61 Å². The second-order valence-corrected chi connectivity index (χ2v) is 4.07. The SMILES string of the molecule is OCC(O)C1=CC#CC2OC23C=CC=C3C#C1. The number of epoxide rings is 1. The van der Waals surface area contributed by atoms with Gasteiger partial charge in [0.25, 0.3) is 0 Å². The third-order valence-electron chi connectivity index (χ3n) is 2.99. The Hall–Kier alpha value is -1.78.